The molecule has 0 spiro atoms. The lowest BCUT2D eigenvalue weighted by Crippen LogP contribution is -2.33. The number of sulfone groups is 1. The highest BCUT2D eigenvalue weighted by molar-refractivity contribution is 7.91. The van der Waals surface area contributed by atoms with Crippen LogP contribution in [0.2, 0.25) is 0 Å². The number of rotatable bonds is 3. The van der Waals surface area contributed by atoms with E-state index in [1.807, 2.05) is 6.07 Å². The second kappa shape index (κ2) is 5.77. The minimum Gasteiger partial charge on any atom is -0.368 e. The number of nitrogens with one attached hydrogen (secondary N) is 1. The van der Waals surface area contributed by atoms with Crippen molar-refractivity contribution in [1.82, 2.24) is 5.32 Å². The summed E-state index contributed by atoms with van der Waals surface area (Å²) in [5, 5.41) is 2.86. The number of carbonyl (C=O) groups is 1. The molecule has 1 fully saturated rings. The average molecular weight is 309 g/mol. The summed E-state index contributed by atoms with van der Waals surface area (Å²) >= 11 is 0. The molecule has 2 aliphatic rings. The van der Waals surface area contributed by atoms with E-state index in [0.29, 0.717) is 24.5 Å². The van der Waals surface area contributed by atoms with Crippen LogP contribution in [0.1, 0.15) is 30.4 Å². The molecular weight excluding hydrogens is 290 g/mol. The van der Waals surface area contributed by atoms with Gasteiger partial charge in [-0.15, -0.1) is 0 Å². The zero-order valence-corrected chi connectivity index (χ0v) is 12.6. The zero-order valence-electron chi connectivity index (χ0n) is 11.8. The highest BCUT2D eigenvalue weighted by Crippen LogP contribution is 2.25. The standard InChI is InChI=1S/C15H19NO4S/c17-15(13-4-1-7-20-13)16-10-11-5-6-14-12(9-11)3-2-8-21(14,18)19/h5-6,9,13H,1-4,7-8,10H2,(H,16,17). The van der Waals surface area contributed by atoms with Crippen LogP contribution in [0.3, 0.4) is 0 Å². The Bertz CT molecular complexity index is 648. The molecule has 0 aliphatic carbocycles. The van der Waals surface area contributed by atoms with E-state index < -0.39 is 9.84 Å². The van der Waals surface area contributed by atoms with Crippen LogP contribution in [0.25, 0.3) is 0 Å². The van der Waals surface area contributed by atoms with E-state index in [4.69, 9.17) is 4.74 Å². The summed E-state index contributed by atoms with van der Waals surface area (Å²) in [4.78, 5) is 12.3. The monoisotopic (exact) mass is 309 g/mol. The Hall–Kier alpha value is -1.40. The van der Waals surface area contributed by atoms with Crippen molar-refractivity contribution < 1.29 is 17.9 Å². The second-order valence-corrected chi connectivity index (χ2v) is 7.66. The van der Waals surface area contributed by atoms with Crippen LogP contribution in [0.4, 0.5) is 0 Å². The molecule has 1 unspecified atom stereocenters. The fourth-order valence-electron chi connectivity index (χ4n) is 2.89. The molecule has 2 aliphatic heterocycles. The summed E-state index contributed by atoms with van der Waals surface area (Å²) in [5.74, 6) is 0.146. The molecular formula is C15H19NO4S. The molecule has 0 radical (unpaired) electrons. The molecule has 1 amide bonds. The predicted octanol–water partition coefficient (Wildman–Crippen LogP) is 1.20. The number of hydrogen-bond acceptors (Lipinski definition) is 4. The van der Waals surface area contributed by atoms with Crippen molar-refractivity contribution >= 4 is 15.7 Å². The third-order valence-corrected chi connectivity index (χ3v) is 5.90. The number of ether oxygens (including phenoxy) is 1. The quantitative estimate of drug-likeness (QED) is 0.910. The van der Waals surface area contributed by atoms with Crippen molar-refractivity contribution in [3.63, 3.8) is 0 Å². The van der Waals surface area contributed by atoms with Gasteiger partial charge in [0.1, 0.15) is 6.10 Å². The lowest BCUT2D eigenvalue weighted by Gasteiger charge is -2.17. The van der Waals surface area contributed by atoms with E-state index in [1.54, 1.807) is 12.1 Å². The van der Waals surface area contributed by atoms with Crippen LogP contribution in [0, 0.1) is 0 Å². The number of hydrogen-bond donors (Lipinski definition) is 1. The lowest BCUT2D eigenvalue weighted by atomic mass is 10.1. The van der Waals surface area contributed by atoms with Gasteiger partial charge in [-0.2, -0.15) is 0 Å². The fourth-order valence-corrected chi connectivity index (χ4v) is 4.47. The Morgan fingerprint density at radius 3 is 2.95 bits per heavy atom. The first kappa shape index (κ1) is 14.5. The van der Waals surface area contributed by atoms with Gasteiger partial charge < -0.3 is 10.1 Å². The Morgan fingerprint density at radius 1 is 1.33 bits per heavy atom. The lowest BCUT2D eigenvalue weighted by molar-refractivity contribution is -0.130. The summed E-state index contributed by atoms with van der Waals surface area (Å²) in [7, 11) is -3.11. The van der Waals surface area contributed by atoms with E-state index in [1.165, 1.54) is 0 Å². The van der Waals surface area contributed by atoms with Gasteiger partial charge in [-0.1, -0.05) is 12.1 Å². The molecule has 6 heteroatoms. The van der Waals surface area contributed by atoms with Gasteiger partial charge in [0, 0.05) is 13.2 Å². The SMILES string of the molecule is O=C(NCc1ccc2c(c1)CCCS2(=O)=O)C1CCCO1. The van der Waals surface area contributed by atoms with Crippen LogP contribution in [0.15, 0.2) is 23.1 Å². The Morgan fingerprint density at radius 2 is 2.19 bits per heavy atom. The van der Waals surface area contributed by atoms with Gasteiger partial charge >= 0.3 is 0 Å². The molecule has 3 rings (SSSR count). The van der Waals surface area contributed by atoms with Crippen LogP contribution < -0.4 is 5.32 Å². The number of fused-ring (bicyclic) bond motifs is 1. The number of benzene rings is 1. The molecule has 1 N–H and O–H groups in total. The first-order valence-corrected chi connectivity index (χ1v) is 8.95. The van der Waals surface area contributed by atoms with Crippen LogP contribution >= 0.6 is 0 Å². The molecule has 114 valence electrons. The average Bonchev–Trinajstić information content (AvgIpc) is 2.98. The second-order valence-electron chi connectivity index (χ2n) is 5.58. The van der Waals surface area contributed by atoms with Crippen molar-refractivity contribution in [2.45, 2.75) is 43.2 Å². The van der Waals surface area contributed by atoms with E-state index in [-0.39, 0.29) is 17.8 Å². The van der Waals surface area contributed by atoms with Gasteiger partial charge in [0.2, 0.25) is 5.91 Å². The summed E-state index contributed by atoms with van der Waals surface area (Å²) < 4.78 is 29.2. The van der Waals surface area contributed by atoms with Crippen molar-refractivity contribution in [3.05, 3.63) is 29.3 Å². The third kappa shape index (κ3) is 3.11. The fraction of sp³-hybridized carbons (Fsp3) is 0.533. The van der Waals surface area contributed by atoms with Crippen molar-refractivity contribution in [2.24, 2.45) is 0 Å². The molecule has 21 heavy (non-hydrogen) atoms. The summed E-state index contributed by atoms with van der Waals surface area (Å²) in [6.07, 6.45) is 2.81. The molecule has 1 aromatic carbocycles. The molecule has 0 bridgehead atoms. The molecule has 1 saturated heterocycles. The summed E-state index contributed by atoms with van der Waals surface area (Å²) in [6, 6.07) is 5.33. The molecule has 1 aromatic rings. The van der Waals surface area contributed by atoms with Crippen LogP contribution in [0.5, 0.6) is 0 Å². The number of amides is 1. The van der Waals surface area contributed by atoms with Crippen molar-refractivity contribution in [3.8, 4) is 0 Å². The van der Waals surface area contributed by atoms with Gasteiger partial charge in [0.05, 0.1) is 10.6 Å². The van der Waals surface area contributed by atoms with E-state index in [9.17, 15) is 13.2 Å². The molecule has 5 nitrogen and oxygen atoms in total. The highest BCUT2D eigenvalue weighted by Gasteiger charge is 2.25. The maximum Gasteiger partial charge on any atom is 0.249 e. The summed E-state index contributed by atoms with van der Waals surface area (Å²) in [5.41, 5.74) is 1.79. The van der Waals surface area contributed by atoms with Gasteiger partial charge in [0.25, 0.3) is 0 Å². The minimum absolute atomic E-state index is 0.0853. The van der Waals surface area contributed by atoms with Crippen molar-refractivity contribution in [2.75, 3.05) is 12.4 Å². The highest BCUT2D eigenvalue weighted by atomic mass is 32.2. The molecule has 0 aromatic heterocycles. The van der Waals surface area contributed by atoms with E-state index in [0.717, 1.165) is 30.4 Å². The normalized spacial score (nSPS) is 23.5. The Balaban J connectivity index is 1.68. The first-order chi connectivity index (χ1) is 10.1. The van der Waals surface area contributed by atoms with E-state index >= 15 is 0 Å². The van der Waals surface area contributed by atoms with Gasteiger partial charge in [0.15, 0.2) is 9.84 Å². The topological polar surface area (TPSA) is 72.5 Å². The Kier molecular flexibility index (Phi) is 3.99. The van der Waals surface area contributed by atoms with Gasteiger partial charge in [-0.3, -0.25) is 4.79 Å². The van der Waals surface area contributed by atoms with Crippen LogP contribution in [-0.2, 0) is 32.3 Å². The first-order valence-electron chi connectivity index (χ1n) is 7.30. The molecule has 0 saturated carbocycles. The van der Waals surface area contributed by atoms with Crippen molar-refractivity contribution in [1.29, 1.82) is 0 Å². The van der Waals surface area contributed by atoms with Gasteiger partial charge in [-0.25, -0.2) is 8.42 Å². The maximum atomic E-state index is 11.9. The third-order valence-electron chi connectivity index (χ3n) is 4.01. The smallest absolute Gasteiger partial charge is 0.249 e. The van der Waals surface area contributed by atoms with E-state index in [2.05, 4.69) is 5.32 Å². The predicted molar refractivity (Wildman–Crippen MR) is 77.6 cm³/mol. The molecule has 1 atom stereocenters. The van der Waals surface area contributed by atoms with Gasteiger partial charge in [-0.05, 0) is 42.9 Å². The maximum absolute atomic E-state index is 11.9. The largest absolute Gasteiger partial charge is 0.368 e. The molecule has 2 heterocycles. The van der Waals surface area contributed by atoms with Crippen LogP contribution in [-0.4, -0.2) is 32.8 Å². The number of carbonyl (C=O) groups excluding carboxylic acids is 1. The summed E-state index contributed by atoms with van der Waals surface area (Å²) in [6.45, 7) is 1.06. The Labute approximate surface area is 124 Å². The zero-order chi connectivity index (χ0) is 14.9. The minimum atomic E-state index is -3.11. The number of aryl methyl sites for hydroxylation is 1.